The van der Waals surface area contributed by atoms with Crippen molar-refractivity contribution in [3.05, 3.63) is 29.6 Å². The molecule has 110 valence electrons. The highest BCUT2D eigenvalue weighted by Crippen LogP contribution is 2.18. The minimum Gasteiger partial charge on any atom is -0.352 e. The van der Waals surface area contributed by atoms with Crippen LogP contribution < -0.4 is 16.4 Å². The van der Waals surface area contributed by atoms with E-state index in [0.29, 0.717) is 11.1 Å². The summed E-state index contributed by atoms with van der Waals surface area (Å²) < 4.78 is 0. The van der Waals surface area contributed by atoms with Gasteiger partial charge in [0.05, 0.1) is 17.7 Å². The molecular formula is C15H18N4O2. The maximum atomic E-state index is 12.2. The molecule has 2 rings (SSSR count). The van der Waals surface area contributed by atoms with E-state index >= 15 is 0 Å². The van der Waals surface area contributed by atoms with Crippen LogP contribution in [-0.2, 0) is 4.79 Å². The van der Waals surface area contributed by atoms with Crippen molar-refractivity contribution in [3.8, 4) is 11.8 Å². The fourth-order valence-corrected chi connectivity index (χ4v) is 1.73. The Labute approximate surface area is 123 Å². The minimum atomic E-state index is -0.596. The number of nitrogens with zero attached hydrogens (tertiary/aromatic N) is 1. The third-order valence-electron chi connectivity index (χ3n) is 3.06. The van der Waals surface area contributed by atoms with Gasteiger partial charge in [-0.25, -0.2) is 0 Å². The van der Waals surface area contributed by atoms with Gasteiger partial charge in [-0.3, -0.25) is 14.6 Å². The van der Waals surface area contributed by atoms with Crippen LogP contribution in [0.25, 0.3) is 0 Å². The number of nitrogens with two attached hydrogens (primary N) is 1. The second-order valence-electron chi connectivity index (χ2n) is 4.91. The molecule has 21 heavy (non-hydrogen) atoms. The molecule has 0 spiro atoms. The van der Waals surface area contributed by atoms with Gasteiger partial charge in [-0.05, 0) is 25.8 Å². The van der Waals surface area contributed by atoms with Gasteiger partial charge in [-0.1, -0.05) is 11.8 Å². The fraction of sp³-hybridized carbons (Fsp3) is 0.400. The van der Waals surface area contributed by atoms with Gasteiger partial charge in [-0.15, -0.1) is 0 Å². The lowest BCUT2D eigenvalue weighted by Gasteiger charge is -2.14. The number of carbonyl (C=O) groups excluding carboxylic acids is 2. The Balaban J connectivity index is 2.03. The quantitative estimate of drug-likeness (QED) is 0.667. The van der Waals surface area contributed by atoms with Crippen LogP contribution >= 0.6 is 0 Å². The smallest absolute Gasteiger partial charge is 0.253 e. The SMILES string of the molecule is CC(NC(=O)c1ccncc1C#CCN)C(=O)NC1CC1. The van der Waals surface area contributed by atoms with Crippen LogP contribution in [0.5, 0.6) is 0 Å². The van der Waals surface area contributed by atoms with Crippen LogP contribution in [0.1, 0.15) is 35.7 Å². The van der Waals surface area contributed by atoms with E-state index in [1.807, 2.05) is 0 Å². The number of aromatic nitrogens is 1. The highest BCUT2D eigenvalue weighted by molar-refractivity contribution is 5.99. The van der Waals surface area contributed by atoms with Gasteiger partial charge in [0.15, 0.2) is 0 Å². The van der Waals surface area contributed by atoms with Crippen LogP contribution in [-0.4, -0.2) is 35.4 Å². The van der Waals surface area contributed by atoms with E-state index in [9.17, 15) is 9.59 Å². The second kappa shape index (κ2) is 6.86. The molecule has 4 N–H and O–H groups in total. The summed E-state index contributed by atoms with van der Waals surface area (Å²) in [4.78, 5) is 28.0. The minimum absolute atomic E-state index is 0.172. The third kappa shape index (κ3) is 4.29. The molecule has 6 heteroatoms. The summed E-state index contributed by atoms with van der Waals surface area (Å²) in [7, 11) is 0. The zero-order valence-electron chi connectivity index (χ0n) is 11.8. The summed E-state index contributed by atoms with van der Waals surface area (Å²) in [6, 6.07) is 1.24. The van der Waals surface area contributed by atoms with Crippen LogP contribution in [0.3, 0.4) is 0 Å². The van der Waals surface area contributed by atoms with Crippen molar-refractivity contribution < 1.29 is 9.59 Å². The maximum absolute atomic E-state index is 12.2. The number of hydrogen-bond donors (Lipinski definition) is 3. The first-order valence-electron chi connectivity index (χ1n) is 6.86. The molecule has 1 aromatic rings. The lowest BCUT2D eigenvalue weighted by atomic mass is 10.1. The summed E-state index contributed by atoms with van der Waals surface area (Å²) in [6.07, 6.45) is 5.04. The van der Waals surface area contributed by atoms with Gasteiger partial charge >= 0.3 is 0 Å². The Hall–Kier alpha value is -2.39. The molecule has 0 radical (unpaired) electrons. The van der Waals surface area contributed by atoms with E-state index in [1.54, 1.807) is 13.0 Å². The van der Waals surface area contributed by atoms with E-state index in [-0.39, 0.29) is 24.4 Å². The Morgan fingerprint density at radius 3 is 2.95 bits per heavy atom. The van der Waals surface area contributed by atoms with Crippen molar-refractivity contribution in [1.82, 2.24) is 15.6 Å². The summed E-state index contributed by atoms with van der Waals surface area (Å²) in [5.41, 5.74) is 6.21. The van der Waals surface area contributed by atoms with Crippen LogP contribution in [0.4, 0.5) is 0 Å². The predicted octanol–water partition coefficient (Wildman–Crippen LogP) is -0.211. The van der Waals surface area contributed by atoms with E-state index < -0.39 is 6.04 Å². The number of hydrogen-bond acceptors (Lipinski definition) is 4. The van der Waals surface area contributed by atoms with E-state index in [0.717, 1.165) is 12.8 Å². The Bertz CT molecular complexity index is 599. The molecule has 1 unspecified atom stereocenters. The average Bonchev–Trinajstić information content (AvgIpc) is 3.29. The second-order valence-corrected chi connectivity index (χ2v) is 4.91. The summed E-state index contributed by atoms with van der Waals surface area (Å²) in [5, 5.41) is 5.52. The monoisotopic (exact) mass is 286 g/mol. The van der Waals surface area contributed by atoms with Crippen molar-refractivity contribution in [1.29, 1.82) is 0 Å². The van der Waals surface area contributed by atoms with Crippen molar-refractivity contribution >= 4 is 11.8 Å². The van der Waals surface area contributed by atoms with Gasteiger partial charge in [0.25, 0.3) is 5.91 Å². The highest BCUT2D eigenvalue weighted by Gasteiger charge is 2.26. The molecule has 1 aliphatic carbocycles. The summed E-state index contributed by atoms with van der Waals surface area (Å²) in [6.45, 7) is 1.86. The van der Waals surface area contributed by atoms with Gasteiger partial charge < -0.3 is 16.4 Å². The largest absolute Gasteiger partial charge is 0.352 e. The van der Waals surface area contributed by atoms with Crippen LogP contribution in [0.15, 0.2) is 18.5 Å². The highest BCUT2D eigenvalue weighted by atomic mass is 16.2. The molecule has 1 aliphatic rings. The average molecular weight is 286 g/mol. The number of pyridine rings is 1. The molecule has 0 saturated heterocycles. The first kappa shape index (κ1) is 15.0. The Morgan fingerprint density at radius 1 is 1.52 bits per heavy atom. The number of rotatable bonds is 4. The van der Waals surface area contributed by atoms with Crippen molar-refractivity contribution in [2.45, 2.75) is 31.8 Å². The van der Waals surface area contributed by atoms with Gasteiger partial charge in [0.2, 0.25) is 5.91 Å². The molecule has 0 aromatic carbocycles. The first-order chi connectivity index (χ1) is 10.1. The molecule has 2 amide bonds. The molecule has 0 aliphatic heterocycles. The third-order valence-corrected chi connectivity index (χ3v) is 3.06. The topological polar surface area (TPSA) is 97.1 Å². The number of amides is 2. The lowest BCUT2D eigenvalue weighted by molar-refractivity contribution is -0.122. The summed E-state index contributed by atoms with van der Waals surface area (Å²) >= 11 is 0. The standard InChI is InChI=1S/C15H18N4O2/c1-10(14(20)19-12-4-5-12)18-15(21)13-6-8-17-9-11(13)3-2-7-16/h6,8-10,12H,4-5,7,16H2,1H3,(H,18,21)(H,19,20). The normalized spacial score (nSPS) is 14.6. The summed E-state index contributed by atoms with van der Waals surface area (Å²) in [5.74, 6) is 4.97. The predicted molar refractivity (Wildman–Crippen MR) is 78.3 cm³/mol. The molecule has 1 fully saturated rings. The Kier molecular flexibility index (Phi) is 4.90. The number of nitrogens with one attached hydrogen (secondary N) is 2. The zero-order chi connectivity index (χ0) is 15.2. The van der Waals surface area contributed by atoms with Crippen molar-refractivity contribution in [3.63, 3.8) is 0 Å². The Morgan fingerprint density at radius 2 is 2.29 bits per heavy atom. The lowest BCUT2D eigenvalue weighted by Crippen LogP contribution is -2.45. The number of carbonyl (C=O) groups is 2. The molecule has 1 heterocycles. The molecule has 6 nitrogen and oxygen atoms in total. The van der Waals surface area contributed by atoms with Crippen molar-refractivity contribution in [2.75, 3.05) is 6.54 Å². The molecule has 0 bridgehead atoms. The maximum Gasteiger partial charge on any atom is 0.253 e. The molecular weight excluding hydrogens is 268 g/mol. The molecule has 1 atom stereocenters. The van der Waals surface area contributed by atoms with E-state index in [4.69, 9.17) is 5.73 Å². The zero-order valence-corrected chi connectivity index (χ0v) is 11.8. The first-order valence-corrected chi connectivity index (χ1v) is 6.86. The van der Waals surface area contributed by atoms with Crippen molar-refractivity contribution in [2.24, 2.45) is 5.73 Å². The van der Waals surface area contributed by atoms with Gasteiger partial charge in [0.1, 0.15) is 6.04 Å². The van der Waals surface area contributed by atoms with E-state index in [1.165, 1.54) is 12.4 Å². The van der Waals surface area contributed by atoms with Gasteiger partial charge in [-0.2, -0.15) is 0 Å². The van der Waals surface area contributed by atoms with Gasteiger partial charge in [0, 0.05) is 18.4 Å². The fourth-order valence-electron chi connectivity index (χ4n) is 1.73. The van der Waals surface area contributed by atoms with Crippen LogP contribution in [0.2, 0.25) is 0 Å². The molecule has 1 aromatic heterocycles. The van der Waals surface area contributed by atoms with Crippen LogP contribution in [0, 0.1) is 11.8 Å². The van der Waals surface area contributed by atoms with E-state index in [2.05, 4.69) is 27.5 Å². The molecule has 1 saturated carbocycles.